The summed E-state index contributed by atoms with van der Waals surface area (Å²) in [6.45, 7) is 1.77. The van der Waals surface area contributed by atoms with Gasteiger partial charge in [-0.2, -0.15) is 5.10 Å². The van der Waals surface area contributed by atoms with Crippen LogP contribution < -0.4 is 5.73 Å². The third-order valence-corrected chi connectivity index (χ3v) is 2.08. The fraction of sp³-hybridized carbons (Fsp3) is 0.222. The van der Waals surface area contributed by atoms with Crippen LogP contribution in [-0.2, 0) is 4.79 Å². The Morgan fingerprint density at radius 1 is 1.60 bits per heavy atom. The van der Waals surface area contributed by atoms with E-state index in [0.717, 1.165) is 0 Å². The lowest BCUT2D eigenvalue weighted by atomic mass is 10.1. The van der Waals surface area contributed by atoms with Gasteiger partial charge in [-0.05, 0) is 18.6 Å². The molecule has 2 aromatic rings. The van der Waals surface area contributed by atoms with Crippen molar-refractivity contribution in [3.63, 3.8) is 0 Å². The van der Waals surface area contributed by atoms with E-state index in [1.807, 2.05) is 0 Å². The lowest BCUT2D eigenvalue weighted by molar-refractivity contribution is -0.138. The van der Waals surface area contributed by atoms with E-state index < -0.39 is 12.0 Å². The summed E-state index contributed by atoms with van der Waals surface area (Å²) in [5, 5.41) is 12.8. The number of fused-ring (bicyclic) bond motifs is 1. The molecular formula is C9H10N4O2. The van der Waals surface area contributed by atoms with E-state index in [4.69, 9.17) is 10.8 Å². The van der Waals surface area contributed by atoms with Gasteiger partial charge in [0.25, 0.3) is 0 Å². The standard InChI is InChI=1S/C9H10N4O2/c1-5-11-7-3-2-6(4-13(7)12-5)8(10)9(14)15/h2-4,8H,10H2,1H3,(H,14,15). The highest BCUT2D eigenvalue weighted by Gasteiger charge is 2.14. The summed E-state index contributed by atoms with van der Waals surface area (Å²) in [6.07, 6.45) is 1.58. The minimum absolute atomic E-state index is 0.500. The van der Waals surface area contributed by atoms with E-state index in [1.165, 1.54) is 4.52 Å². The normalized spacial score (nSPS) is 12.9. The van der Waals surface area contributed by atoms with E-state index in [1.54, 1.807) is 25.3 Å². The molecule has 0 aliphatic carbocycles. The maximum Gasteiger partial charge on any atom is 0.325 e. The number of rotatable bonds is 2. The number of nitrogens with zero attached hydrogens (tertiary/aromatic N) is 3. The number of nitrogens with two attached hydrogens (primary N) is 1. The van der Waals surface area contributed by atoms with E-state index in [9.17, 15) is 4.79 Å². The summed E-state index contributed by atoms with van der Waals surface area (Å²) in [5.74, 6) is -0.428. The highest BCUT2D eigenvalue weighted by atomic mass is 16.4. The number of pyridine rings is 1. The van der Waals surface area contributed by atoms with Gasteiger partial charge in [-0.25, -0.2) is 9.50 Å². The average molecular weight is 206 g/mol. The van der Waals surface area contributed by atoms with E-state index in [-0.39, 0.29) is 0 Å². The number of carboxylic acid groups (broad SMARTS) is 1. The maximum absolute atomic E-state index is 10.7. The Labute approximate surface area is 85.3 Å². The van der Waals surface area contributed by atoms with Crippen molar-refractivity contribution in [1.29, 1.82) is 0 Å². The monoisotopic (exact) mass is 206 g/mol. The number of carboxylic acids is 1. The predicted octanol–water partition coefficient (Wildman–Crippen LogP) is 0.122. The molecule has 0 spiro atoms. The molecule has 0 aliphatic rings. The molecule has 1 atom stereocenters. The molecule has 0 fully saturated rings. The van der Waals surface area contributed by atoms with Crippen molar-refractivity contribution < 1.29 is 9.90 Å². The number of aryl methyl sites for hydroxylation is 1. The number of hydrogen-bond donors (Lipinski definition) is 2. The average Bonchev–Trinajstić information content (AvgIpc) is 2.55. The van der Waals surface area contributed by atoms with E-state index in [0.29, 0.717) is 17.0 Å². The second kappa shape index (κ2) is 3.32. The molecule has 1 unspecified atom stereocenters. The molecule has 6 heteroatoms. The van der Waals surface area contributed by atoms with Gasteiger partial charge < -0.3 is 10.8 Å². The van der Waals surface area contributed by atoms with Gasteiger partial charge in [0.1, 0.15) is 11.9 Å². The van der Waals surface area contributed by atoms with Crippen LogP contribution >= 0.6 is 0 Å². The van der Waals surface area contributed by atoms with Crippen molar-refractivity contribution in [3.05, 3.63) is 29.7 Å². The second-order valence-electron chi connectivity index (χ2n) is 3.24. The first kappa shape index (κ1) is 9.60. The van der Waals surface area contributed by atoms with Gasteiger partial charge in [0.2, 0.25) is 0 Å². The first-order valence-electron chi connectivity index (χ1n) is 4.39. The third kappa shape index (κ3) is 1.66. The first-order chi connectivity index (χ1) is 7.08. The molecule has 0 aromatic carbocycles. The van der Waals surface area contributed by atoms with Crippen LogP contribution in [-0.4, -0.2) is 25.7 Å². The zero-order valence-corrected chi connectivity index (χ0v) is 8.08. The summed E-state index contributed by atoms with van der Waals surface area (Å²) in [7, 11) is 0. The van der Waals surface area contributed by atoms with Crippen molar-refractivity contribution in [2.75, 3.05) is 0 Å². The van der Waals surface area contributed by atoms with Crippen LogP contribution in [0.25, 0.3) is 5.65 Å². The van der Waals surface area contributed by atoms with Gasteiger partial charge >= 0.3 is 5.97 Å². The molecule has 3 N–H and O–H groups in total. The van der Waals surface area contributed by atoms with Crippen LogP contribution in [0.3, 0.4) is 0 Å². The van der Waals surface area contributed by atoms with Gasteiger partial charge in [-0.3, -0.25) is 4.79 Å². The lowest BCUT2D eigenvalue weighted by Crippen LogP contribution is -2.20. The molecule has 0 radical (unpaired) electrons. The summed E-state index contributed by atoms with van der Waals surface area (Å²) in [5.41, 5.74) is 6.65. The first-order valence-corrected chi connectivity index (χ1v) is 4.39. The second-order valence-corrected chi connectivity index (χ2v) is 3.24. The Kier molecular flexibility index (Phi) is 2.12. The van der Waals surface area contributed by atoms with Gasteiger partial charge in [0, 0.05) is 6.20 Å². The highest BCUT2D eigenvalue weighted by Crippen LogP contribution is 2.11. The van der Waals surface area contributed by atoms with Gasteiger partial charge in [-0.15, -0.1) is 0 Å². The molecule has 2 heterocycles. The molecule has 2 rings (SSSR count). The summed E-state index contributed by atoms with van der Waals surface area (Å²) in [6, 6.07) is 2.30. The van der Waals surface area contributed by atoms with Crippen molar-refractivity contribution in [2.45, 2.75) is 13.0 Å². The van der Waals surface area contributed by atoms with Crippen molar-refractivity contribution >= 4 is 11.6 Å². The molecule has 15 heavy (non-hydrogen) atoms. The van der Waals surface area contributed by atoms with Crippen molar-refractivity contribution in [1.82, 2.24) is 14.6 Å². The molecule has 0 saturated heterocycles. The van der Waals surface area contributed by atoms with Crippen LogP contribution in [0, 0.1) is 6.92 Å². The molecular weight excluding hydrogens is 196 g/mol. The Bertz CT molecular complexity index is 520. The van der Waals surface area contributed by atoms with Crippen molar-refractivity contribution in [2.24, 2.45) is 5.73 Å². The highest BCUT2D eigenvalue weighted by molar-refractivity contribution is 5.75. The van der Waals surface area contributed by atoms with Crippen LogP contribution in [0.2, 0.25) is 0 Å². The molecule has 0 aliphatic heterocycles. The molecule has 0 bridgehead atoms. The zero-order valence-electron chi connectivity index (χ0n) is 8.08. The van der Waals surface area contributed by atoms with Crippen LogP contribution in [0.15, 0.2) is 18.3 Å². The van der Waals surface area contributed by atoms with Crippen LogP contribution in [0.4, 0.5) is 0 Å². The maximum atomic E-state index is 10.7. The number of carbonyl (C=O) groups is 1. The third-order valence-electron chi connectivity index (χ3n) is 2.08. The molecule has 0 saturated carbocycles. The fourth-order valence-electron chi connectivity index (χ4n) is 1.34. The van der Waals surface area contributed by atoms with E-state index in [2.05, 4.69) is 10.1 Å². The molecule has 2 aromatic heterocycles. The topological polar surface area (TPSA) is 93.5 Å². The number of aromatic nitrogens is 3. The summed E-state index contributed by atoms with van der Waals surface area (Å²) < 4.78 is 1.52. The Morgan fingerprint density at radius 3 is 3.00 bits per heavy atom. The SMILES string of the molecule is Cc1nc2ccc(C(N)C(=O)O)cn2n1. The van der Waals surface area contributed by atoms with Crippen LogP contribution in [0.1, 0.15) is 17.4 Å². The minimum atomic E-state index is -1.06. The molecule has 6 nitrogen and oxygen atoms in total. The van der Waals surface area contributed by atoms with Gasteiger partial charge in [-0.1, -0.05) is 6.07 Å². The number of aliphatic carboxylic acids is 1. The number of hydrogen-bond acceptors (Lipinski definition) is 4. The largest absolute Gasteiger partial charge is 0.480 e. The lowest BCUT2D eigenvalue weighted by Gasteiger charge is -2.05. The Hall–Kier alpha value is -1.95. The Morgan fingerprint density at radius 2 is 2.33 bits per heavy atom. The van der Waals surface area contributed by atoms with Gasteiger partial charge in [0.15, 0.2) is 5.65 Å². The zero-order chi connectivity index (χ0) is 11.0. The van der Waals surface area contributed by atoms with Crippen LogP contribution in [0.5, 0.6) is 0 Å². The van der Waals surface area contributed by atoms with Crippen molar-refractivity contribution in [3.8, 4) is 0 Å². The molecule has 0 amide bonds. The minimum Gasteiger partial charge on any atom is -0.480 e. The summed E-state index contributed by atoms with van der Waals surface area (Å²) >= 11 is 0. The quantitative estimate of drug-likeness (QED) is 0.728. The fourth-order valence-corrected chi connectivity index (χ4v) is 1.34. The smallest absolute Gasteiger partial charge is 0.325 e. The van der Waals surface area contributed by atoms with E-state index >= 15 is 0 Å². The Balaban J connectivity index is 2.50. The molecule has 78 valence electrons. The predicted molar refractivity (Wildman–Crippen MR) is 52.3 cm³/mol. The van der Waals surface area contributed by atoms with Gasteiger partial charge in [0.05, 0.1) is 0 Å². The summed E-state index contributed by atoms with van der Waals surface area (Å²) in [4.78, 5) is 14.8.